The van der Waals surface area contributed by atoms with E-state index in [1.165, 1.54) is 12.1 Å². The van der Waals surface area contributed by atoms with Gasteiger partial charge >= 0.3 is 12.5 Å². The van der Waals surface area contributed by atoms with Crippen molar-refractivity contribution in [2.75, 3.05) is 11.9 Å². The number of alkyl halides is 3. The number of ether oxygens (including phenoxy) is 2. The van der Waals surface area contributed by atoms with Crippen molar-refractivity contribution in [2.24, 2.45) is 0 Å². The van der Waals surface area contributed by atoms with Crippen LogP contribution in [0.15, 0.2) is 24.3 Å². The van der Waals surface area contributed by atoms with Crippen LogP contribution in [0, 0.1) is 0 Å². The maximum atomic E-state index is 12.0. The SMILES string of the molecule is CCOC(=O)NNC(=S)Nc1ccc(OC(F)(F)F)cc1. The molecule has 0 radical (unpaired) electrons. The maximum absolute atomic E-state index is 12.0. The number of rotatable bonds is 3. The summed E-state index contributed by atoms with van der Waals surface area (Å²) in [6.45, 7) is 1.84. The van der Waals surface area contributed by atoms with Gasteiger partial charge in [-0.1, -0.05) is 0 Å². The molecule has 21 heavy (non-hydrogen) atoms. The lowest BCUT2D eigenvalue weighted by Gasteiger charge is -2.12. The van der Waals surface area contributed by atoms with E-state index in [1.807, 2.05) is 0 Å². The molecule has 0 aliphatic heterocycles. The van der Waals surface area contributed by atoms with Gasteiger partial charge in [0.1, 0.15) is 5.75 Å². The van der Waals surface area contributed by atoms with Gasteiger partial charge in [-0.2, -0.15) is 0 Å². The molecule has 0 heterocycles. The molecule has 6 nitrogen and oxygen atoms in total. The van der Waals surface area contributed by atoms with Crippen molar-refractivity contribution in [3.05, 3.63) is 24.3 Å². The third-order valence-electron chi connectivity index (χ3n) is 1.90. The molecule has 0 saturated heterocycles. The summed E-state index contributed by atoms with van der Waals surface area (Å²) in [6, 6.07) is 4.91. The minimum absolute atomic E-state index is 0.0348. The zero-order valence-corrected chi connectivity index (χ0v) is 11.6. The highest BCUT2D eigenvalue weighted by atomic mass is 32.1. The Morgan fingerprint density at radius 2 is 1.86 bits per heavy atom. The minimum Gasteiger partial charge on any atom is -0.449 e. The molecule has 1 aromatic carbocycles. The molecule has 0 spiro atoms. The predicted molar refractivity (Wildman–Crippen MR) is 72.6 cm³/mol. The topological polar surface area (TPSA) is 71.6 Å². The number of benzene rings is 1. The second-order valence-corrected chi connectivity index (χ2v) is 3.91. The van der Waals surface area contributed by atoms with E-state index in [-0.39, 0.29) is 17.5 Å². The van der Waals surface area contributed by atoms with Crippen molar-refractivity contribution in [2.45, 2.75) is 13.3 Å². The van der Waals surface area contributed by atoms with E-state index in [1.54, 1.807) is 6.92 Å². The molecule has 10 heteroatoms. The molecule has 0 fully saturated rings. The number of carbonyl (C=O) groups excluding carboxylic acids is 1. The summed E-state index contributed by atoms with van der Waals surface area (Å²) in [7, 11) is 0. The van der Waals surface area contributed by atoms with Crippen molar-refractivity contribution < 1.29 is 27.4 Å². The number of carbonyl (C=O) groups is 1. The van der Waals surface area contributed by atoms with Gasteiger partial charge < -0.3 is 14.8 Å². The summed E-state index contributed by atoms with van der Waals surface area (Å²) in [4.78, 5) is 11.0. The largest absolute Gasteiger partial charge is 0.573 e. The van der Waals surface area contributed by atoms with Crippen LogP contribution >= 0.6 is 12.2 Å². The van der Waals surface area contributed by atoms with Crippen LogP contribution < -0.4 is 20.9 Å². The quantitative estimate of drug-likeness (QED) is 0.586. The first-order valence-electron chi connectivity index (χ1n) is 5.65. The molecule has 1 amide bonds. The molecule has 0 aromatic heterocycles. The zero-order valence-electron chi connectivity index (χ0n) is 10.8. The average Bonchev–Trinajstić information content (AvgIpc) is 2.37. The van der Waals surface area contributed by atoms with Crippen LogP contribution in [0.2, 0.25) is 0 Å². The van der Waals surface area contributed by atoms with Gasteiger partial charge in [-0.3, -0.25) is 5.43 Å². The van der Waals surface area contributed by atoms with E-state index >= 15 is 0 Å². The van der Waals surface area contributed by atoms with Gasteiger partial charge in [0, 0.05) is 5.69 Å². The van der Waals surface area contributed by atoms with Gasteiger partial charge in [0.05, 0.1) is 6.61 Å². The van der Waals surface area contributed by atoms with Crippen LogP contribution in [0.1, 0.15) is 6.92 Å². The Hall–Kier alpha value is -2.23. The molecule has 0 atom stereocenters. The van der Waals surface area contributed by atoms with Gasteiger partial charge in [0.25, 0.3) is 0 Å². The second-order valence-electron chi connectivity index (χ2n) is 3.50. The molecule has 1 rings (SSSR count). The third kappa shape index (κ3) is 7.20. The lowest BCUT2D eigenvalue weighted by Crippen LogP contribution is -2.43. The highest BCUT2D eigenvalue weighted by Gasteiger charge is 2.30. The molecule has 0 saturated carbocycles. The van der Waals surface area contributed by atoms with Crippen molar-refractivity contribution in [1.82, 2.24) is 10.9 Å². The van der Waals surface area contributed by atoms with E-state index in [0.29, 0.717) is 5.69 Å². The molecule has 1 aromatic rings. The number of thiocarbonyl (C=S) groups is 1. The van der Waals surface area contributed by atoms with Crippen molar-refractivity contribution >= 4 is 29.1 Å². The Bertz CT molecular complexity index is 494. The number of hydrazine groups is 1. The van der Waals surface area contributed by atoms with Crippen LogP contribution in [0.3, 0.4) is 0 Å². The standard InChI is InChI=1S/C11H12F3N3O3S/c1-2-19-10(18)17-16-9(21)15-7-3-5-8(6-4-7)20-11(12,13)14/h3-6H,2H2,1H3,(H,17,18)(H2,15,16,21). The average molecular weight is 323 g/mol. The Kier molecular flexibility index (Phi) is 6.03. The van der Waals surface area contributed by atoms with E-state index in [0.717, 1.165) is 12.1 Å². The van der Waals surface area contributed by atoms with Crippen molar-refractivity contribution in [3.8, 4) is 5.75 Å². The summed E-state index contributed by atoms with van der Waals surface area (Å²) in [5.74, 6) is -0.350. The number of anilines is 1. The molecular formula is C11H12F3N3O3S. The Balaban J connectivity index is 2.44. The normalized spacial score (nSPS) is 10.5. The van der Waals surface area contributed by atoms with Crippen molar-refractivity contribution in [3.63, 3.8) is 0 Å². The Morgan fingerprint density at radius 3 is 2.38 bits per heavy atom. The molecule has 0 aliphatic carbocycles. The fraction of sp³-hybridized carbons (Fsp3) is 0.273. The fourth-order valence-corrected chi connectivity index (χ4v) is 1.35. The van der Waals surface area contributed by atoms with Crippen molar-refractivity contribution in [1.29, 1.82) is 0 Å². The number of amides is 1. The van der Waals surface area contributed by atoms with E-state index < -0.39 is 12.5 Å². The number of hydrogen-bond acceptors (Lipinski definition) is 4. The lowest BCUT2D eigenvalue weighted by molar-refractivity contribution is -0.274. The van der Waals surface area contributed by atoms with E-state index in [2.05, 4.69) is 25.6 Å². The predicted octanol–water partition coefficient (Wildman–Crippen LogP) is 2.53. The molecule has 3 N–H and O–H groups in total. The highest BCUT2D eigenvalue weighted by molar-refractivity contribution is 7.80. The van der Waals surface area contributed by atoms with Gasteiger partial charge in [0.2, 0.25) is 0 Å². The number of hydrogen-bond donors (Lipinski definition) is 3. The summed E-state index contributed by atoms with van der Waals surface area (Å²) < 4.78 is 44.2. The van der Waals surface area contributed by atoms with E-state index in [4.69, 9.17) is 12.2 Å². The lowest BCUT2D eigenvalue weighted by atomic mass is 10.3. The third-order valence-corrected chi connectivity index (χ3v) is 2.10. The summed E-state index contributed by atoms with van der Waals surface area (Å²) in [6.07, 6.45) is -5.45. The number of halogens is 3. The van der Waals surface area contributed by atoms with Crippen LogP contribution in [0.4, 0.5) is 23.7 Å². The van der Waals surface area contributed by atoms with Crippen LogP contribution in [-0.2, 0) is 4.74 Å². The monoisotopic (exact) mass is 323 g/mol. The van der Waals surface area contributed by atoms with Gasteiger partial charge in [-0.15, -0.1) is 13.2 Å². The fourth-order valence-electron chi connectivity index (χ4n) is 1.18. The molecule has 0 bridgehead atoms. The summed E-state index contributed by atoms with van der Waals surface area (Å²) >= 11 is 4.86. The van der Waals surface area contributed by atoms with E-state index in [9.17, 15) is 18.0 Å². The highest BCUT2D eigenvalue weighted by Crippen LogP contribution is 2.23. The van der Waals surface area contributed by atoms with Crippen LogP contribution in [0.5, 0.6) is 5.75 Å². The second kappa shape index (κ2) is 7.53. The first-order chi connectivity index (χ1) is 9.80. The maximum Gasteiger partial charge on any atom is 0.573 e. The molecule has 116 valence electrons. The molecule has 0 unspecified atom stereocenters. The molecule has 0 aliphatic rings. The Labute approximate surface area is 123 Å². The Morgan fingerprint density at radius 1 is 1.24 bits per heavy atom. The number of nitrogens with one attached hydrogen (secondary N) is 3. The minimum atomic E-state index is -4.74. The first-order valence-corrected chi connectivity index (χ1v) is 6.06. The summed E-state index contributed by atoms with van der Waals surface area (Å²) in [5, 5.41) is 2.68. The van der Waals surface area contributed by atoms with Gasteiger partial charge in [-0.25, -0.2) is 10.2 Å². The van der Waals surface area contributed by atoms with Gasteiger partial charge in [-0.05, 0) is 43.4 Å². The first kappa shape index (κ1) is 16.8. The smallest absolute Gasteiger partial charge is 0.449 e. The summed E-state index contributed by atoms with van der Waals surface area (Å²) in [5.41, 5.74) is 4.92. The van der Waals surface area contributed by atoms with Crippen LogP contribution in [-0.4, -0.2) is 24.2 Å². The zero-order chi connectivity index (χ0) is 15.9. The van der Waals surface area contributed by atoms with Crippen LogP contribution in [0.25, 0.3) is 0 Å². The van der Waals surface area contributed by atoms with Gasteiger partial charge in [0.15, 0.2) is 5.11 Å². The molecular weight excluding hydrogens is 311 g/mol.